The van der Waals surface area contributed by atoms with Crippen molar-refractivity contribution in [3.63, 3.8) is 0 Å². The lowest BCUT2D eigenvalue weighted by atomic mass is 10.2. The van der Waals surface area contributed by atoms with Gasteiger partial charge in [-0.25, -0.2) is 0 Å². The van der Waals surface area contributed by atoms with Gasteiger partial charge >= 0.3 is 0 Å². The first-order valence-electron chi connectivity index (χ1n) is 7.15. The average Bonchev–Trinajstić information content (AvgIpc) is 2.48. The fraction of sp³-hybridized carbons (Fsp3) is 0.400. The number of hydrogen-bond donors (Lipinski definition) is 3. The van der Waals surface area contributed by atoms with E-state index in [2.05, 4.69) is 16.0 Å². The second kappa shape index (κ2) is 7.31. The maximum absolute atomic E-state index is 12.0. The van der Waals surface area contributed by atoms with Gasteiger partial charge in [-0.3, -0.25) is 14.4 Å². The predicted molar refractivity (Wildman–Crippen MR) is 85.6 cm³/mol. The van der Waals surface area contributed by atoms with Crippen LogP contribution in [0, 0.1) is 0 Å². The summed E-state index contributed by atoms with van der Waals surface area (Å²) in [7, 11) is 0. The van der Waals surface area contributed by atoms with Crippen LogP contribution < -0.4 is 16.0 Å². The molecule has 0 fully saturated rings. The Labute approximate surface area is 133 Å². The van der Waals surface area contributed by atoms with Crippen molar-refractivity contribution in [2.45, 2.75) is 36.5 Å². The molecule has 0 saturated carbocycles. The van der Waals surface area contributed by atoms with Crippen LogP contribution in [0.4, 0.5) is 5.69 Å². The van der Waals surface area contributed by atoms with Gasteiger partial charge in [0.1, 0.15) is 6.04 Å². The molecule has 1 aliphatic heterocycles. The lowest BCUT2D eigenvalue weighted by Crippen LogP contribution is -2.46. The van der Waals surface area contributed by atoms with Crippen LogP contribution >= 0.6 is 11.8 Å². The van der Waals surface area contributed by atoms with Gasteiger partial charge in [-0.2, -0.15) is 0 Å². The number of nitrogens with one attached hydrogen (secondary N) is 3. The minimum atomic E-state index is -0.614. The second-order valence-electron chi connectivity index (χ2n) is 4.98. The van der Waals surface area contributed by atoms with Crippen LogP contribution in [0.5, 0.6) is 0 Å². The Morgan fingerprint density at radius 2 is 2.09 bits per heavy atom. The summed E-state index contributed by atoms with van der Waals surface area (Å²) in [5.74, 6) is -0.739. The zero-order valence-corrected chi connectivity index (χ0v) is 13.3. The molecule has 1 aromatic rings. The highest BCUT2D eigenvalue weighted by Crippen LogP contribution is 2.36. The van der Waals surface area contributed by atoms with Gasteiger partial charge in [0.15, 0.2) is 0 Å². The summed E-state index contributed by atoms with van der Waals surface area (Å²) in [6, 6.07) is 6.85. The van der Waals surface area contributed by atoms with Gasteiger partial charge in [0, 0.05) is 17.9 Å². The van der Waals surface area contributed by atoms with Crippen molar-refractivity contribution < 1.29 is 14.4 Å². The Bertz CT molecular complexity index is 591. The van der Waals surface area contributed by atoms with Gasteiger partial charge in [0.25, 0.3) is 0 Å². The molecule has 0 aliphatic carbocycles. The Balaban J connectivity index is 1.92. The van der Waals surface area contributed by atoms with Gasteiger partial charge in [0.05, 0.1) is 10.9 Å². The molecule has 0 aromatic heterocycles. The number of carbonyl (C=O) groups excluding carboxylic acids is 3. The Kier molecular flexibility index (Phi) is 5.43. The van der Waals surface area contributed by atoms with E-state index in [-0.39, 0.29) is 24.1 Å². The smallest absolute Gasteiger partial charge is 0.242 e. The van der Waals surface area contributed by atoms with Gasteiger partial charge in [-0.1, -0.05) is 12.1 Å². The van der Waals surface area contributed by atoms with Gasteiger partial charge in [0.2, 0.25) is 17.7 Å². The van der Waals surface area contributed by atoms with E-state index in [1.165, 1.54) is 11.8 Å². The first-order valence-corrected chi connectivity index (χ1v) is 8.03. The van der Waals surface area contributed by atoms with Crippen LogP contribution in [-0.2, 0) is 14.4 Å². The number of amides is 3. The minimum absolute atomic E-state index is 0.0363. The number of thioether (sulfide) groups is 1. The van der Waals surface area contributed by atoms with Crippen LogP contribution in [-0.4, -0.2) is 35.6 Å². The van der Waals surface area contributed by atoms with E-state index < -0.39 is 11.3 Å². The lowest BCUT2D eigenvalue weighted by molar-refractivity contribution is -0.129. The summed E-state index contributed by atoms with van der Waals surface area (Å²) < 4.78 is 0. The zero-order chi connectivity index (χ0) is 16.1. The Morgan fingerprint density at radius 1 is 1.36 bits per heavy atom. The summed E-state index contributed by atoms with van der Waals surface area (Å²) in [6.45, 7) is 3.94. The van der Waals surface area contributed by atoms with Crippen molar-refractivity contribution in [3.8, 4) is 0 Å². The third-order valence-electron chi connectivity index (χ3n) is 3.20. The fourth-order valence-corrected chi connectivity index (χ4v) is 3.20. The van der Waals surface area contributed by atoms with Crippen molar-refractivity contribution >= 4 is 35.2 Å². The molecule has 0 radical (unpaired) electrons. The number of benzene rings is 1. The van der Waals surface area contributed by atoms with E-state index in [9.17, 15) is 14.4 Å². The predicted octanol–water partition coefficient (Wildman–Crippen LogP) is 1.13. The lowest BCUT2D eigenvalue weighted by Gasteiger charge is -2.24. The highest BCUT2D eigenvalue weighted by atomic mass is 32.2. The topological polar surface area (TPSA) is 87.3 Å². The third-order valence-corrected chi connectivity index (χ3v) is 4.47. The number of para-hydroxylation sites is 1. The van der Waals surface area contributed by atoms with Crippen LogP contribution in [0.1, 0.15) is 20.3 Å². The molecular weight excluding hydrogens is 302 g/mol. The Morgan fingerprint density at radius 3 is 2.82 bits per heavy atom. The molecule has 2 atom stereocenters. The molecule has 6 nitrogen and oxygen atoms in total. The number of fused-ring (bicyclic) bond motifs is 1. The largest absolute Gasteiger partial charge is 0.355 e. The van der Waals surface area contributed by atoms with Crippen LogP contribution in [0.2, 0.25) is 0 Å². The molecule has 0 bridgehead atoms. The minimum Gasteiger partial charge on any atom is -0.355 e. The van der Waals surface area contributed by atoms with Gasteiger partial charge < -0.3 is 16.0 Å². The number of anilines is 1. The number of hydrogen-bond acceptors (Lipinski definition) is 4. The van der Waals surface area contributed by atoms with E-state index in [1.807, 2.05) is 31.2 Å². The zero-order valence-electron chi connectivity index (χ0n) is 12.5. The maximum atomic E-state index is 12.0. The van der Waals surface area contributed by atoms with Crippen LogP contribution in [0.25, 0.3) is 0 Å². The van der Waals surface area contributed by atoms with E-state index >= 15 is 0 Å². The van der Waals surface area contributed by atoms with E-state index in [0.29, 0.717) is 6.54 Å². The summed E-state index contributed by atoms with van der Waals surface area (Å²) >= 11 is 1.37. The fourth-order valence-electron chi connectivity index (χ4n) is 2.09. The quantitative estimate of drug-likeness (QED) is 0.759. The highest BCUT2D eigenvalue weighted by Gasteiger charge is 2.29. The van der Waals surface area contributed by atoms with Crippen LogP contribution in [0.3, 0.4) is 0 Å². The van der Waals surface area contributed by atoms with Gasteiger partial charge in [-0.15, -0.1) is 11.8 Å². The molecule has 22 heavy (non-hydrogen) atoms. The molecule has 3 N–H and O–H groups in total. The number of likely N-dealkylation sites (N-methyl/N-ethyl adjacent to an activating group) is 1. The molecule has 2 rings (SSSR count). The molecule has 1 heterocycles. The van der Waals surface area contributed by atoms with Crippen molar-refractivity contribution in [1.29, 1.82) is 0 Å². The molecule has 0 saturated heterocycles. The molecule has 1 aromatic carbocycles. The normalized spacial score (nSPS) is 17.9. The molecule has 1 aliphatic rings. The first kappa shape index (κ1) is 16.4. The molecule has 7 heteroatoms. The van der Waals surface area contributed by atoms with Crippen molar-refractivity contribution in [2.75, 3.05) is 11.9 Å². The Hall–Kier alpha value is -2.02. The summed E-state index contributed by atoms with van der Waals surface area (Å²) in [4.78, 5) is 36.6. The summed E-state index contributed by atoms with van der Waals surface area (Å²) in [6.07, 6.45) is 0.0363. The molecule has 3 amide bonds. The highest BCUT2D eigenvalue weighted by molar-refractivity contribution is 8.01. The molecule has 0 unspecified atom stereocenters. The van der Waals surface area contributed by atoms with Crippen molar-refractivity contribution in [2.24, 2.45) is 0 Å². The molecule has 118 valence electrons. The number of rotatable bonds is 5. The first-order chi connectivity index (χ1) is 10.5. The SMILES string of the molecule is CCNC(=O)[C@H](C)NC(=O)C[C@@H]1Sc2ccccc2NC1=O. The molecular formula is C15H19N3O3S. The van der Waals surface area contributed by atoms with Crippen LogP contribution in [0.15, 0.2) is 29.2 Å². The van der Waals surface area contributed by atoms with E-state index in [1.54, 1.807) is 6.92 Å². The monoisotopic (exact) mass is 321 g/mol. The second-order valence-corrected chi connectivity index (χ2v) is 6.22. The number of carbonyl (C=O) groups is 3. The van der Waals surface area contributed by atoms with E-state index in [0.717, 1.165) is 10.6 Å². The average molecular weight is 321 g/mol. The van der Waals surface area contributed by atoms with Crippen molar-refractivity contribution in [1.82, 2.24) is 10.6 Å². The van der Waals surface area contributed by atoms with Gasteiger partial charge in [-0.05, 0) is 26.0 Å². The summed E-state index contributed by atoms with van der Waals surface area (Å²) in [5, 5.41) is 7.55. The van der Waals surface area contributed by atoms with E-state index in [4.69, 9.17) is 0 Å². The summed E-state index contributed by atoms with van der Waals surface area (Å²) in [5.41, 5.74) is 0.768. The molecule has 0 spiro atoms. The van der Waals surface area contributed by atoms with Crippen molar-refractivity contribution in [3.05, 3.63) is 24.3 Å². The standard InChI is InChI=1S/C15H19N3O3S/c1-3-16-14(20)9(2)17-13(19)8-12-15(21)18-10-6-4-5-7-11(10)22-12/h4-7,9,12H,3,8H2,1-2H3,(H,16,20)(H,17,19)(H,18,21)/t9-,12-/m0/s1. The maximum Gasteiger partial charge on any atom is 0.242 e. The third kappa shape index (κ3) is 4.00.